The molecular formula is C14H22ClNOS. The van der Waals surface area contributed by atoms with Crippen molar-refractivity contribution >= 4 is 24.2 Å². The molecule has 0 bridgehead atoms. The maximum absolute atomic E-state index is 5.82. The second-order valence-corrected chi connectivity index (χ2v) is 5.27. The molecule has 0 fully saturated rings. The highest BCUT2D eigenvalue weighted by molar-refractivity contribution is 7.80. The van der Waals surface area contributed by atoms with Gasteiger partial charge in [0.05, 0.1) is 17.8 Å². The van der Waals surface area contributed by atoms with E-state index in [2.05, 4.69) is 17.6 Å². The third-order valence-corrected chi connectivity index (χ3v) is 3.27. The molecule has 0 saturated heterocycles. The molecule has 0 unspecified atom stereocenters. The number of ether oxygens (including phenoxy) is 1. The molecule has 0 amide bonds. The minimum atomic E-state index is 0.622. The second-order valence-electron chi connectivity index (χ2n) is 4.39. The van der Waals surface area contributed by atoms with Crippen LogP contribution in [0.4, 0.5) is 0 Å². The summed E-state index contributed by atoms with van der Waals surface area (Å²) in [5, 5.41) is 0.622. The molecule has 0 spiro atoms. The smallest absolute Gasteiger partial charge is 0.139 e. The van der Waals surface area contributed by atoms with Gasteiger partial charge in [-0.1, -0.05) is 43.7 Å². The Kier molecular flexibility index (Phi) is 9.13. The lowest BCUT2D eigenvalue weighted by atomic mass is 10.1. The fourth-order valence-corrected chi connectivity index (χ4v) is 2.15. The van der Waals surface area contributed by atoms with Gasteiger partial charge in [0, 0.05) is 12.3 Å². The third kappa shape index (κ3) is 7.83. The van der Waals surface area contributed by atoms with Crippen molar-refractivity contribution in [3.05, 3.63) is 23.5 Å². The fraction of sp³-hybridized carbons (Fsp3) is 0.643. The lowest BCUT2D eigenvalue weighted by molar-refractivity contribution is 0.303. The Morgan fingerprint density at radius 3 is 2.33 bits per heavy atom. The average Bonchev–Trinajstić information content (AvgIpc) is 2.37. The van der Waals surface area contributed by atoms with E-state index < -0.39 is 0 Å². The molecule has 4 heteroatoms. The predicted octanol–water partition coefficient (Wildman–Crippen LogP) is 4.77. The quantitative estimate of drug-likeness (QED) is 0.494. The van der Waals surface area contributed by atoms with Crippen LogP contribution in [0.25, 0.3) is 0 Å². The summed E-state index contributed by atoms with van der Waals surface area (Å²) in [6.45, 7) is 0.749. The normalized spacial score (nSPS) is 10.6. The molecule has 1 aromatic rings. The van der Waals surface area contributed by atoms with E-state index >= 15 is 0 Å². The van der Waals surface area contributed by atoms with Gasteiger partial charge < -0.3 is 4.74 Å². The van der Waals surface area contributed by atoms with Crippen LogP contribution in [0.1, 0.15) is 44.9 Å². The Bertz CT molecular complexity index is 322. The van der Waals surface area contributed by atoms with Crippen LogP contribution in [-0.2, 0) is 0 Å². The number of thiol groups is 1. The van der Waals surface area contributed by atoms with Gasteiger partial charge >= 0.3 is 0 Å². The van der Waals surface area contributed by atoms with Gasteiger partial charge in [0.1, 0.15) is 5.75 Å². The van der Waals surface area contributed by atoms with E-state index in [4.69, 9.17) is 16.3 Å². The van der Waals surface area contributed by atoms with Crippen LogP contribution in [0, 0.1) is 0 Å². The Hall–Kier alpha value is -0.410. The number of hydrogen-bond acceptors (Lipinski definition) is 3. The fourth-order valence-electron chi connectivity index (χ4n) is 1.76. The van der Waals surface area contributed by atoms with Crippen LogP contribution < -0.4 is 4.74 Å². The minimum Gasteiger partial charge on any atom is -0.492 e. The van der Waals surface area contributed by atoms with E-state index in [1.165, 1.54) is 38.5 Å². The van der Waals surface area contributed by atoms with Gasteiger partial charge in [0.2, 0.25) is 0 Å². The lowest BCUT2D eigenvalue weighted by Crippen LogP contribution is -1.97. The number of unbranched alkanes of at least 4 members (excludes halogenated alkanes) is 6. The molecule has 0 aliphatic rings. The maximum atomic E-state index is 5.82. The molecule has 1 rings (SSSR count). The molecule has 1 heterocycles. The standard InChI is InChI=1S/C14H22ClNOS/c15-13-10-14(12-16-11-13)17-8-6-4-2-1-3-5-7-9-18/h10-12,18H,1-9H2. The van der Waals surface area contributed by atoms with Gasteiger partial charge in [-0.05, 0) is 18.6 Å². The highest BCUT2D eigenvalue weighted by Gasteiger charge is 1.96. The first-order valence-electron chi connectivity index (χ1n) is 6.67. The van der Waals surface area contributed by atoms with Crippen LogP contribution in [-0.4, -0.2) is 17.3 Å². The van der Waals surface area contributed by atoms with Gasteiger partial charge in [-0.25, -0.2) is 0 Å². The van der Waals surface area contributed by atoms with Crippen LogP contribution in [0.15, 0.2) is 18.5 Å². The number of aromatic nitrogens is 1. The molecule has 1 aromatic heterocycles. The summed E-state index contributed by atoms with van der Waals surface area (Å²) < 4.78 is 5.57. The van der Waals surface area contributed by atoms with Gasteiger partial charge in [-0.3, -0.25) is 4.98 Å². The van der Waals surface area contributed by atoms with Crippen molar-refractivity contribution in [2.75, 3.05) is 12.4 Å². The van der Waals surface area contributed by atoms with Gasteiger partial charge in [-0.15, -0.1) is 0 Å². The highest BCUT2D eigenvalue weighted by Crippen LogP contribution is 2.15. The Balaban J connectivity index is 1.92. The van der Waals surface area contributed by atoms with E-state index in [9.17, 15) is 0 Å². The van der Waals surface area contributed by atoms with Crippen molar-refractivity contribution in [3.63, 3.8) is 0 Å². The summed E-state index contributed by atoms with van der Waals surface area (Å²) in [6.07, 6.45) is 12.1. The first-order chi connectivity index (χ1) is 8.83. The SMILES string of the molecule is SCCCCCCCCCOc1cncc(Cl)c1. The zero-order valence-electron chi connectivity index (χ0n) is 10.8. The monoisotopic (exact) mass is 287 g/mol. The number of halogens is 1. The van der Waals surface area contributed by atoms with Crippen molar-refractivity contribution < 1.29 is 4.74 Å². The van der Waals surface area contributed by atoms with Crippen molar-refractivity contribution in [1.29, 1.82) is 0 Å². The number of nitrogens with zero attached hydrogens (tertiary/aromatic N) is 1. The Morgan fingerprint density at radius 2 is 1.67 bits per heavy atom. The van der Waals surface area contributed by atoms with Crippen molar-refractivity contribution in [1.82, 2.24) is 4.98 Å². The van der Waals surface area contributed by atoms with Crippen LogP contribution in [0.3, 0.4) is 0 Å². The zero-order chi connectivity index (χ0) is 13.1. The molecule has 0 atom stereocenters. The summed E-state index contributed by atoms with van der Waals surface area (Å²) in [4.78, 5) is 3.98. The van der Waals surface area contributed by atoms with Crippen molar-refractivity contribution in [2.24, 2.45) is 0 Å². The third-order valence-electron chi connectivity index (χ3n) is 2.75. The van der Waals surface area contributed by atoms with E-state index in [-0.39, 0.29) is 0 Å². The van der Waals surface area contributed by atoms with Crippen molar-refractivity contribution in [2.45, 2.75) is 44.9 Å². The molecular weight excluding hydrogens is 266 g/mol. The van der Waals surface area contributed by atoms with E-state index in [0.717, 1.165) is 24.5 Å². The summed E-state index contributed by atoms with van der Waals surface area (Å²) in [5.41, 5.74) is 0. The number of pyridine rings is 1. The second kappa shape index (κ2) is 10.5. The summed E-state index contributed by atoms with van der Waals surface area (Å²) in [6, 6.07) is 1.80. The van der Waals surface area contributed by atoms with Crippen LogP contribution in [0.2, 0.25) is 5.02 Å². The minimum absolute atomic E-state index is 0.622. The molecule has 2 nitrogen and oxygen atoms in total. The zero-order valence-corrected chi connectivity index (χ0v) is 12.4. The molecule has 18 heavy (non-hydrogen) atoms. The van der Waals surface area contributed by atoms with Gasteiger partial charge in [0.15, 0.2) is 0 Å². The molecule has 102 valence electrons. The first kappa shape index (κ1) is 15.6. The maximum Gasteiger partial charge on any atom is 0.139 e. The Morgan fingerprint density at radius 1 is 1.00 bits per heavy atom. The van der Waals surface area contributed by atoms with E-state index in [0.29, 0.717) is 5.02 Å². The lowest BCUT2D eigenvalue weighted by Gasteiger charge is -2.05. The number of rotatable bonds is 10. The predicted molar refractivity (Wildman–Crippen MR) is 80.9 cm³/mol. The molecule has 0 saturated carbocycles. The van der Waals surface area contributed by atoms with Crippen molar-refractivity contribution in [3.8, 4) is 5.75 Å². The summed E-state index contributed by atoms with van der Waals surface area (Å²) >= 11 is 10.0. The highest BCUT2D eigenvalue weighted by atomic mass is 35.5. The molecule has 0 aliphatic heterocycles. The van der Waals surface area contributed by atoms with Crippen LogP contribution in [0.5, 0.6) is 5.75 Å². The molecule has 0 N–H and O–H groups in total. The van der Waals surface area contributed by atoms with Gasteiger partial charge in [-0.2, -0.15) is 12.6 Å². The Labute approximate surface area is 121 Å². The van der Waals surface area contributed by atoms with Gasteiger partial charge in [0.25, 0.3) is 0 Å². The van der Waals surface area contributed by atoms with E-state index in [1.54, 1.807) is 18.5 Å². The summed E-state index contributed by atoms with van der Waals surface area (Å²) in [5.74, 6) is 1.78. The molecule has 0 aliphatic carbocycles. The molecule has 0 radical (unpaired) electrons. The van der Waals surface area contributed by atoms with E-state index in [1.807, 2.05) is 0 Å². The number of hydrogen-bond donors (Lipinski definition) is 1. The largest absolute Gasteiger partial charge is 0.492 e. The molecule has 0 aromatic carbocycles. The average molecular weight is 288 g/mol. The van der Waals surface area contributed by atoms with Crippen LogP contribution >= 0.6 is 24.2 Å². The topological polar surface area (TPSA) is 22.1 Å². The first-order valence-corrected chi connectivity index (χ1v) is 7.68. The summed E-state index contributed by atoms with van der Waals surface area (Å²) in [7, 11) is 0.